The summed E-state index contributed by atoms with van der Waals surface area (Å²) >= 11 is 0. The molecule has 2 aromatic rings. The Balaban J connectivity index is 1.76. The lowest BCUT2D eigenvalue weighted by molar-refractivity contribution is -0.482. The molecule has 0 saturated carbocycles. The summed E-state index contributed by atoms with van der Waals surface area (Å²) in [6.07, 6.45) is -0.0805. The molecule has 2 aromatic carbocycles. The third-order valence-corrected chi connectivity index (χ3v) is 3.83. The van der Waals surface area contributed by atoms with Crippen LogP contribution in [-0.4, -0.2) is 23.6 Å². The number of rotatable bonds is 4. The molecule has 0 spiro atoms. The molecular weight excluding hydrogens is 296 g/mol. The predicted molar refractivity (Wildman–Crippen MR) is 84.9 cm³/mol. The predicted octanol–water partition coefficient (Wildman–Crippen LogP) is 3.03. The van der Waals surface area contributed by atoms with Gasteiger partial charge in [0.05, 0.1) is 5.69 Å². The van der Waals surface area contributed by atoms with E-state index in [2.05, 4.69) is 0 Å². The fraction of sp³-hybridized carbons (Fsp3) is 0.235. The lowest BCUT2D eigenvalue weighted by atomic mass is 10.1. The van der Waals surface area contributed by atoms with Gasteiger partial charge in [-0.3, -0.25) is 15.0 Å². The van der Waals surface area contributed by atoms with Crippen molar-refractivity contribution in [3.63, 3.8) is 0 Å². The molecule has 1 atom stereocenters. The second kappa shape index (κ2) is 6.48. The van der Waals surface area contributed by atoms with Crippen molar-refractivity contribution in [1.29, 1.82) is 0 Å². The van der Waals surface area contributed by atoms with Crippen molar-refractivity contribution in [1.82, 2.24) is 0 Å². The quantitative estimate of drug-likeness (QED) is 0.642. The number of hydrogen-bond acceptors (Lipinski definition) is 4. The molecule has 0 fully saturated rings. The van der Waals surface area contributed by atoms with Crippen molar-refractivity contribution in [2.24, 2.45) is 0 Å². The van der Waals surface area contributed by atoms with E-state index in [4.69, 9.17) is 4.74 Å². The van der Waals surface area contributed by atoms with E-state index in [1.807, 2.05) is 48.5 Å². The van der Waals surface area contributed by atoms with Crippen molar-refractivity contribution < 1.29 is 14.5 Å². The van der Waals surface area contributed by atoms with Gasteiger partial charge in [0.1, 0.15) is 12.6 Å². The summed E-state index contributed by atoms with van der Waals surface area (Å²) in [6.45, 7) is -0.154. The number of carbonyl (C=O) groups excluding carboxylic acids is 1. The van der Waals surface area contributed by atoms with Gasteiger partial charge in [-0.15, -0.1) is 0 Å². The van der Waals surface area contributed by atoms with E-state index >= 15 is 0 Å². The van der Waals surface area contributed by atoms with Crippen LogP contribution in [-0.2, 0) is 17.8 Å². The summed E-state index contributed by atoms with van der Waals surface area (Å²) in [5.74, 6) is 0. The molecule has 1 amide bonds. The maximum atomic E-state index is 12.5. The number of amides is 1. The van der Waals surface area contributed by atoms with Gasteiger partial charge in [0.25, 0.3) is 0 Å². The Kier molecular flexibility index (Phi) is 4.23. The topological polar surface area (TPSA) is 72.7 Å². The average molecular weight is 312 g/mol. The number of para-hydroxylation sites is 1. The molecule has 0 saturated heterocycles. The second-order valence-corrected chi connectivity index (χ2v) is 5.41. The highest BCUT2D eigenvalue weighted by Crippen LogP contribution is 2.32. The molecule has 0 aliphatic carbocycles. The van der Waals surface area contributed by atoms with Crippen LogP contribution in [0.25, 0.3) is 0 Å². The van der Waals surface area contributed by atoms with Crippen LogP contribution in [0, 0.1) is 10.1 Å². The Labute approximate surface area is 133 Å². The molecule has 0 radical (unpaired) electrons. The standard InChI is InChI=1S/C17H16N2O4/c20-17(23-12-13-6-2-1-3-7-13)19-15(11-18(21)22)10-14-8-4-5-9-16(14)19/h1-9,15H,10-12H2. The zero-order valence-electron chi connectivity index (χ0n) is 12.4. The highest BCUT2D eigenvalue weighted by atomic mass is 16.6. The number of anilines is 1. The SMILES string of the molecule is O=C(OCc1ccccc1)N1c2ccccc2CC1C[N+](=O)[O-]. The van der Waals surface area contributed by atoms with Gasteiger partial charge in [0, 0.05) is 11.3 Å². The zero-order chi connectivity index (χ0) is 16.2. The van der Waals surface area contributed by atoms with Crippen molar-refractivity contribution in [2.45, 2.75) is 19.1 Å². The van der Waals surface area contributed by atoms with E-state index in [0.717, 1.165) is 11.1 Å². The number of carbonyl (C=O) groups is 1. The van der Waals surface area contributed by atoms with Gasteiger partial charge < -0.3 is 4.74 Å². The average Bonchev–Trinajstić information content (AvgIpc) is 2.90. The first-order valence-electron chi connectivity index (χ1n) is 7.35. The fourth-order valence-corrected chi connectivity index (χ4v) is 2.81. The normalized spacial score (nSPS) is 16.0. The van der Waals surface area contributed by atoms with Crippen LogP contribution < -0.4 is 4.90 Å². The summed E-state index contributed by atoms with van der Waals surface area (Å²) in [6, 6.07) is 16.2. The lowest BCUT2D eigenvalue weighted by Crippen LogP contribution is -2.42. The van der Waals surface area contributed by atoms with Gasteiger partial charge in [-0.2, -0.15) is 0 Å². The molecule has 1 aliphatic heterocycles. The molecule has 23 heavy (non-hydrogen) atoms. The first-order chi connectivity index (χ1) is 11.1. The van der Waals surface area contributed by atoms with Gasteiger partial charge in [0.2, 0.25) is 6.54 Å². The van der Waals surface area contributed by atoms with Crippen LogP contribution in [0.3, 0.4) is 0 Å². The number of fused-ring (bicyclic) bond motifs is 1. The summed E-state index contributed by atoms with van der Waals surface area (Å²) < 4.78 is 5.35. The summed E-state index contributed by atoms with van der Waals surface area (Å²) in [5, 5.41) is 10.9. The Morgan fingerprint density at radius 1 is 1.17 bits per heavy atom. The molecule has 0 aromatic heterocycles. The number of benzene rings is 2. The van der Waals surface area contributed by atoms with E-state index in [0.29, 0.717) is 12.1 Å². The molecule has 0 bridgehead atoms. The van der Waals surface area contributed by atoms with Gasteiger partial charge in [-0.1, -0.05) is 48.5 Å². The van der Waals surface area contributed by atoms with Gasteiger partial charge in [0.15, 0.2) is 0 Å². The number of nitro groups is 1. The molecule has 3 rings (SSSR count). The molecule has 6 nitrogen and oxygen atoms in total. The van der Waals surface area contributed by atoms with E-state index in [-0.39, 0.29) is 13.2 Å². The van der Waals surface area contributed by atoms with E-state index in [9.17, 15) is 14.9 Å². The first kappa shape index (κ1) is 15.0. The first-order valence-corrected chi connectivity index (χ1v) is 7.35. The van der Waals surface area contributed by atoms with Gasteiger partial charge in [-0.05, 0) is 17.2 Å². The molecule has 6 heteroatoms. The van der Waals surface area contributed by atoms with Crippen molar-refractivity contribution >= 4 is 11.8 Å². The minimum absolute atomic E-state index is 0.142. The second-order valence-electron chi connectivity index (χ2n) is 5.41. The maximum absolute atomic E-state index is 12.5. The highest BCUT2D eigenvalue weighted by Gasteiger charge is 2.37. The van der Waals surface area contributed by atoms with Crippen LogP contribution in [0.1, 0.15) is 11.1 Å². The monoisotopic (exact) mass is 312 g/mol. The third kappa shape index (κ3) is 3.31. The Morgan fingerprint density at radius 2 is 1.87 bits per heavy atom. The van der Waals surface area contributed by atoms with Crippen molar-refractivity contribution in [2.75, 3.05) is 11.4 Å². The van der Waals surface area contributed by atoms with Crippen LogP contribution in [0.2, 0.25) is 0 Å². The molecule has 0 N–H and O–H groups in total. The largest absolute Gasteiger partial charge is 0.444 e. The Hall–Kier alpha value is -2.89. The number of ether oxygens (including phenoxy) is 1. The highest BCUT2D eigenvalue weighted by molar-refractivity contribution is 5.91. The van der Waals surface area contributed by atoms with Gasteiger partial charge in [-0.25, -0.2) is 4.79 Å². The molecule has 1 heterocycles. The van der Waals surface area contributed by atoms with Crippen LogP contribution in [0.4, 0.5) is 10.5 Å². The van der Waals surface area contributed by atoms with Crippen molar-refractivity contribution in [3.8, 4) is 0 Å². The van der Waals surface area contributed by atoms with Crippen molar-refractivity contribution in [3.05, 3.63) is 75.8 Å². The molecule has 1 aliphatic rings. The summed E-state index contributed by atoms with van der Waals surface area (Å²) in [7, 11) is 0. The maximum Gasteiger partial charge on any atom is 0.415 e. The van der Waals surface area contributed by atoms with E-state index in [1.54, 1.807) is 6.07 Å². The minimum Gasteiger partial charge on any atom is -0.444 e. The Bertz CT molecular complexity index is 718. The van der Waals surface area contributed by atoms with E-state index < -0.39 is 17.1 Å². The fourth-order valence-electron chi connectivity index (χ4n) is 2.81. The smallest absolute Gasteiger partial charge is 0.415 e. The lowest BCUT2D eigenvalue weighted by Gasteiger charge is -2.22. The Morgan fingerprint density at radius 3 is 2.61 bits per heavy atom. The van der Waals surface area contributed by atoms with Crippen LogP contribution >= 0.6 is 0 Å². The van der Waals surface area contributed by atoms with Gasteiger partial charge >= 0.3 is 6.09 Å². The number of hydrogen-bond donors (Lipinski definition) is 0. The van der Waals surface area contributed by atoms with E-state index in [1.165, 1.54) is 4.90 Å². The molecule has 1 unspecified atom stereocenters. The zero-order valence-corrected chi connectivity index (χ0v) is 12.4. The minimum atomic E-state index is -0.550. The molecule has 118 valence electrons. The molecular formula is C17H16N2O4. The summed E-state index contributed by atoms with van der Waals surface area (Å²) in [5.41, 5.74) is 2.49. The number of nitrogens with zero attached hydrogens (tertiary/aromatic N) is 2. The third-order valence-electron chi connectivity index (χ3n) is 3.83. The van der Waals surface area contributed by atoms with Crippen LogP contribution in [0.15, 0.2) is 54.6 Å². The summed E-state index contributed by atoms with van der Waals surface area (Å²) in [4.78, 5) is 24.3. The van der Waals surface area contributed by atoms with Crippen LogP contribution in [0.5, 0.6) is 0 Å².